The summed E-state index contributed by atoms with van der Waals surface area (Å²) in [6, 6.07) is 85.6. The SMILES string of the molecule is CC1(C)CCC(C)(C)c2cc3c(cc21)Oc1cc(-n2c4ccccc4c4ccccc42)cc2c1B3c1cc3c(cc1N2c1ccccc1)N(c1ccccc1)c1cc(-n2c4ccccc4c4ccccc42)cc2c1B3c1ccccc1O2. The van der Waals surface area contributed by atoms with Gasteiger partial charge in [0.2, 0.25) is 0 Å². The van der Waals surface area contributed by atoms with E-state index in [9.17, 15) is 0 Å². The van der Waals surface area contributed by atoms with Crippen molar-refractivity contribution in [1.29, 1.82) is 0 Å². The lowest BCUT2D eigenvalue weighted by atomic mass is 9.30. The van der Waals surface area contributed by atoms with Crippen molar-refractivity contribution in [2.24, 2.45) is 0 Å². The van der Waals surface area contributed by atoms with Crippen molar-refractivity contribution in [1.82, 2.24) is 9.13 Å². The van der Waals surface area contributed by atoms with E-state index in [2.05, 4.69) is 277 Å². The summed E-state index contributed by atoms with van der Waals surface area (Å²) in [5.74, 6) is 3.57. The summed E-state index contributed by atoms with van der Waals surface area (Å²) in [6.45, 7) is 9.42. The molecule has 11 aromatic carbocycles. The van der Waals surface area contributed by atoms with Crippen LogP contribution in [0.4, 0.5) is 34.1 Å². The molecule has 0 N–H and O–H groups in total. The summed E-state index contributed by atoms with van der Waals surface area (Å²) in [7, 11) is 0. The normalized spacial score (nSPS) is 15.5. The molecule has 6 nitrogen and oxygen atoms in total. The van der Waals surface area contributed by atoms with Gasteiger partial charge in [0.25, 0.3) is 13.4 Å². The number of hydrogen-bond acceptors (Lipinski definition) is 4. The van der Waals surface area contributed by atoms with Crippen LogP contribution in [0.2, 0.25) is 0 Å². The minimum atomic E-state index is -0.161. The maximum atomic E-state index is 7.59. The van der Waals surface area contributed by atoms with E-state index >= 15 is 0 Å². The Hall–Kier alpha value is -9.65. The Morgan fingerprint density at radius 2 is 0.720 bits per heavy atom. The zero-order valence-electron chi connectivity index (χ0n) is 46.1. The highest BCUT2D eigenvalue weighted by Crippen LogP contribution is 2.51. The maximum Gasteiger partial charge on any atom is 0.256 e. The predicted molar refractivity (Wildman–Crippen MR) is 342 cm³/mol. The van der Waals surface area contributed by atoms with Gasteiger partial charge in [0.15, 0.2) is 0 Å². The third kappa shape index (κ3) is 6.27. The minimum absolute atomic E-state index is 0.0169. The van der Waals surface area contributed by atoms with Crippen molar-refractivity contribution in [3.63, 3.8) is 0 Å². The summed E-state index contributed by atoms with van der Waals surface area (Å²) in [5, 5.41) is 4.89. The molecule has 0 radical (unpaired) electrons. The number of aromatic nitrogens is 2. The van der Waals surface area contributed by atoms with E-state index in [1.54, 1.807) is 0 Å². The highest BCUT2D eigenvalue weighted by Gasteiger charge is 2.49. The van der Waals surface area contributed by atoms with Crippen LogP contribution < -0.4 is 52.1 Å². The van der Waals surface area contributed by atoms with Crippen LogP contribution >= 0.6 is 0 Å². The molecular formula is C74H54B2N4O2. The number of rotatable bonds is 4. The molecule has 8 heteroatoms. The molecule has 6 heterocycles. The Morgan fingerprint density at radius 3 is 1.21 bits per heavy atom. The van der Waals surface area contributed by atoms with Crippen LogP contribution in [0.25, 0.3) is 55.0 Å². The molecule has 82 heavy (non-hydrogen) atoms. The van der Waals surface area contributed by atoms with Gasteiger partial charge in [-0.15, -0.1) is 0 Å². The molecule has 0 saturated carbocycles. The molecule has 0 fully saturated rings. The minimum Gasteiger partial charge on any atom is -0.458 e. The monoisotopic (exact) mass is 1050 g/mol. The number of nitrogens with zero attached hydrogens (tertiary/aromatic N) is 4. The Balaban J connectivity index is 0.963. The number of fused-ring (bicyclic) bond motifs is 15. The van der Waals surface area contributed by atoms with Crippen molar-refractivity contribution in [2.75, 3.05) is 9.80 Å². The quantitative estimate of drug-likeness (QED) is 0.165. The highest BCUT2D eigenvalue weighted by molar-refractivity contribution is 7.02. The molecule has 388 valence electrons. The molecule has 2 aromatic heterocycles. The second-order valence-electron chi connectivity index (χ2n) is 24.6. The van der Waals surface area contributed by atoms with Gasteiger partial charge in [-0.1, -0.05) is 167 Å². The fourth-order valence-electron chi connectivity index (χ4n) is 15.3. The number of hydrogen-bond donors (Lipinski definition) is 0. The molecule has 0 saturated heterocycles. The van der Waals surface area contributed by atoms with Crippen LogP contribution in [0.5, 0.6) is 23.0 Å². The zero-order valence-corrected chi connectivity index (χ0v) is 46.1. The molecule has 18 rings (SSSR count). The van der Waals surface area contributed by atoms with Crippen LogP contribution in [-0.2, 0) is 10.8 Å². The lowest BCUT2D eigenvalue weighted by molar-refractivity contribution is 0.330. The van der Waals surface area contributed by atoms with Crippen molar-refractivity contribution in [2.45, 2.75) is 51.4 Å². The van der Waals surface area contributed by atoms with Crippen LogP contribution in [0.3, 0.4) is 0 Å². The first-order chi connectivity index (χ1) is 40.2. The smallest absolute Gasteiger partial charge is 0.256 e. The lowest BCUT2D eigenvalue weighted by Crippen LogP contribution is -2.64. The van der Waals surface area contributed by atoms with Gasteiger partial charge >= 0.3 is 0 Å². The van der Waals surface area contributed by atoms with E-state index in [1.165, 1.54) is 54.5 Å². The fraction of sp³-hybridized carbons (Fsp3) is 0.108. The van der Waals surface area contributed by atoms with Gasteiger partial charge in [0.1, 0.15) is 23.0 Å². The van der Waals surface area contributed by atoms with Gasteiger partial charge in [-0.2, -0.15) is 0 Å². The number of para-hydroxylation sites is 7. The molecule has 1 aliphatic carbocycles. The molecule has 13 aromatic rings. The van der Waals surface area contributed by atoms with Crippen molar-refractivity contribution in [3.05, 3.63) is 242 Å². The third-order valence-corrected chi connectivity index (χ3v) is 19.2. The van der Waals surface area contributed by atoms with E-state index in [4.69, 9.17) is 9.47 Å². The second kappa shape index (κ2) is 16.5. The first-order valence-electron chi connectivity index (χ1n) is 29.0. The van der Waals surface area contributed by atoms with Gasteiger partial charge in [-0.3, -0.25) is 0 Å². The summed E-state index contributed by atoms with van der Waals surface area (Å²) < 4.78 is 19.7. The molecule has 0 spiro atoms. The largest absolute Gasteiger partial charge is 0.458 e. The average molecular weight is 1050 g/mol. The third-order valence-electron chi connectivity index (χ3n) is 19.2. The van der Waals surface area contributed by atoms with E-state index in [0.29, 0.717) is 0 Å². The van der Waals surface area contributed by atoms with E-state index < -0.39 is 0 Å². The Bertz CT molecular complexity index is 4820. The van der Waals surface area contributed by atoms with Gasteiger partial charge in [0, 0.05) is 67.8 Å². The number of benzene rings is 11. The summed E-state index contributed by atoms with van der Waals surface area (Å²) in [4.78, 5) is 5.07. The van der Waals surface area contributed by atoms with Crippen molar-refractivity contribution >= 4 is 124 Å². The Kier molecular flexibility index (Phi) is 9.28. The van der Waals surface area contributed by atoms with Crippen molar-refractivity contribution in [3.8, 4) is 34.4 Å². The van der Waals surface area contributed by atoms with E-state index in [0.717, 1.165) is 114 Å². The summed E-state index contributed by atoms with van der Waals surface area (Å²) in [5.41, 5.74) is 23.4. The predicted octanol–water partition coefficient (Wildman–Crippen LogP) is 15.0. The lowest BCUT2D eigenvalue weighted by Gasteiger charge is -2.46. The van der Waals surface area contributed by atoms with Crippen LogP contribution in [0.1, 0.15) is 51.7 Å². The average Bonchev–Trinajstić information content (AvgIpc) is 1.90. The Morgan fingerprint density at radius 1 is 0.317 bits per heavy atom. The van der Waals surface area contributed by atoms with Crippen LogP contribution in [0, 0.1) is 0 Å². The van der Waals surface area contributed by atoms with Gasteiger partial charge in [-0.05, 0) is 146 Å². The Labute approximate surface area is 477 Å². The molecule has 0 atom stereocenters. The van der Waals surface area contributed by atoms with Crippen LogP contribution in [-0.4, -0.2) is 22.6 Å². The first-order valence-corrected chi connectivity index (χ1v) is 29.0. The second-order valence-corrected chi connectivity index (χ2v) is 24.6. The molecule has 5 aliphatic rings. The van der Waals surface area contributed by atoms with Gasteiger partial charge in [-0.25, -0.2) is 0 Å². The molecular weight excluding hydrogens is 998 g/mol. The fourth-order valence-corrected chi connectivity index (χ4v) is 15.3. The maximum absolute atomic E-state index is 7.59. The molecule has 0 bridgehead atoms. The highest BCUT2D eigenvalue weighted by atomic mass is 16.5. The van der Waals surface area contributed by atoms with Crippen LogP contribution in [0.15, 0.2) is 231 Å². The summed E-state index contributed by atoms with van der Waals surface area (Å²) >= 11 is 0. The van der Waals surface area contributed by atoms with Gasteiger partial charge < -0.3 is 28.4 Å². The molecule has 0 unspecified atom stereocenters. The number of ether oxygens (including phenoxy) is 2. The van der Waals surface area contributed by atoms with E-state index in [1.807, 2.05) is 0 Å². The number of anilines is 6. The van der Waals surface area contributed by atoms with E-state index in [-0.39, 0.29) is 24.3 Å². The standard InChI is InChI=1S/C74H54B2N4O2/c1-73(2)35-36-74(3,4)54-42-68-58(41-53(54)73)76-57-43-56-63(44-64(57)78(46-23-9-6-10-24-46)66-38-48(40-70(82-68)72(66)76)80-61-32-18-13-27-51(61)52-28-14-19-33-62(52)80)77(45-21-7-5-8-22-45)65-37-47(39-69-71(65)75(56)55-29-15-20-34-67(55)81-69)79-59-30-16-11-25-49(59)50-26-12-17-31-60(50)79/h5-34,37-44H,35-36H2,1-4H3. The first kappa shape index (κ1) is 46.1. The topological polar surface area (TPSA) is 34.8 Å². The van der Waals surface area contributed by atoms with Gasteiger partial charge in [0.05, 0.1) is 33.4 Å². The molecule has 4 aliphatic heterocycles. The molecule has 0 amide bonds. The zero-order chi connectivity index (χ0) is 54.3. The summed E-state index contributed by atoms with van der Waals surface area (Å²) in [6.07, 6.45) is 2.23. The van der Waals surface area contributed by atoms with Crippen molar-refractivity contribution < 1.29 is 9.47 Å².